The van der Waals surface area contributed by atoms with Crippen LogP contribution in [0.15, 0.2) is 54.3 Å². The van der Waals surface area contributed by atoms with Crippen molar-refractivity contribution in [1.29, 1.82) is 0 Å². The lowest BCUT2D eigenvalue weighted by atomic mass is 9.89. The van der Waals surface area contributed by atoms with Crippen LogP contribution in [-0.4, -0.2) is 0 Å². The van der Waals surface area contributed by atoms with Gasteiger partial charge in [0.25, 0.3) is 6.43 Å². The normalized spacial score (nSPS) is 12.0. The molecule has 2 rings (SSSR count). The Kier molecular flexibility index (Phi) is 6.00. The van der Waals surface area contributed by atoms with E-state index >= 15 is 0 Å². The Balaban J connectivity index is 2.86. The smallest absolute Gasteiger partial charge is 0.206 e. The van der Waals surface area contributed by atoms with Crippen LogP contribution in [0.1, 0.15) is 35.6 Å². The molecule has 0 heterocycles. The fourth-order valence-electron chi connectivity index (χ4n) is 2.73. The summed E-state index contributed by atoms with van der Waals surface area (Å²) in [7, 11) is 2.56. The minimum Gasteiger partial charge on any atom is -0.206 e. The molecule has 1 atom stereocenters. The second kappa shape index (κ2) is 7.82. The van der Waals surface area contributed by atoms with Crippen molar-refractivity contribution in [2.24, 2.45) is 0 Å². The van der Waals surface area contributed by atoms with Gasteiger partial charge in [0, 0.05) is 5.56 Å². The zero-order valence-electron chi connectivity index (χ0n) is 13.8. The van der Waals surface area contributed by atoms with Crippen molar-refractivity contribution in [3.8, 4) is 0 Å². The third-order valence-electron chi connectivity index (χ3n) is 3.85. The van der Waals surface area contributed by atoms with Gasteiger partial charge in [-0.3, -0.25) is 0 Å². The van der Waals surface area contributed by atoms with Crippen molar-refractivity contribution in [2.45, 2.75) is 20.3 Å². The van der Waals surface area contributed by atoms with Crippen LogP contribution in [-0.2, 0) is 0 Å². The van der Waals surface area contributed by atoms with E-state index in [1.54, 1.807) is 13.0 Å². The van der Waals surface area contributed by atoms with Crippen molar-refractivity contribution in [3.63, 3.8) is 0 Å². The van der Waals surface area contributed by atoms with Crippen molar-refractivity contribution in [1.82, 2.24) is 0 Å². The first-order chi connectivity index (χ1) is 11.8. The number of rotatable bonds is 4. The number of halogens is 4. The predicted octanol–water partition coefficient (Wildman–Crippen LogP) is 5.87. The van der Waals surface area contributed by atoms with Gasteiger partial charge in [0.2, 0.25) is 0 Å². The minimum atomic E-state index is -3.24. The molecule has 5 heteroatoms. The molecule has 0 saturated carbocycles. The fraction of sp³-hybridized carbons (Fsp3) is 0.150. The third kappa shape index (κ3) is 3.92. The molecule has 0 fully saturated rings. The van der Waals surface area contributed by atoms with E-state index in [1.807, 2.05) is 19.1 Å². The van der Waals surface area contributed by atoms with Crippen molar-refractivity contribution in [3.05, 3.63) is 88.2 Å². The fourth-order valence-corrected chi connectivity index (χ4v) is 3.07. The van der Waals surface area contributed by atoms with E-state index in [9.17, 15) is 17.6 Å². The van der Waals surface area contributed by atoms with E-state index in [0.717, 1.165) is 16.9 Å². The average Bonchev–Trinajstić information content (AvgIpc) is 2.51. The van der Waals surface area contributed by atoms with Gasteiger partial charge in [-0.2, -0.15) is 0 Å². The number of alkyl halides is 2. The number of hydrogen-bond donors (Lipinski definition) is 0. The van der Waals surface area contributed by atoms with Crippen molar-refractivity contribution in [2.75, 3.05) is 0 Å². The van der Waals surface area contributed by atoms with E-state index in [4.69, 9.17) is 0 Å². The van der Waals surface area contributed by atoms with Gasteiger partial charge >= 0.3 is 0 Å². The summed E-state index contributed by atoms with van der Waals surface area (Å²) in [5.41, 5.74) is 3.79. The molecule has 0 saturated heterocycles. The van der Waals surface area contributed by atoms with Gasteiger partial charge in [0.1, 0.15) is 11.6 Å². The van der Waals surface area contributed by atoms with Crippen LogP contribution in [0.25, 0.3) is 5.57 Å². The standard InChI is InChI=1S/C20H17F4P/c1-4-5-11(2)17(14-7-6-13(25)10-12(14)3)15-8-9-16(21)18(19(15)22)20(23)24/h5-10,20H,1,25H2,2-3H3/b17-11-. The Morgan fingerprint density at radius 3 is 2.36 bits per heavy atom. The largest absolute Gasteiger partial charge is 0.269 e. The van der Waals surface area contributed by atoms with Crippen LogP contribution in [0.5, 0.6) is 0 Å². The monoisotopic (exact) mass is 364 g/mol. The number of aryl methyl sites for hydroxylation is 1. The van der Waals surface area contributed by atoms with E-state index in [1.165, 1.54) is 12.1 Å². The lowest BCUT2D eigenvalue weighted by Crippen LogP contribution is -2.05. The number of hydrogen-bond acceptors (Lipinski definition) is 0. The topological polar surface area (TPSA) is 0 Å². The molecule has 0 aromatic heterocycles. The maximum atomic E-state index is 14.7. The van der Waals surface area contributed by atoms with E-state index < -0.39 is 23.6 Å². The quantitative estimate of drug-likeness (QED) is 0.275. The molecule has 0 spiro atoms. The summed E-state index contributed by atoms with van der Waals surface area (Å²) in [6.07, 6.45) is -1.71. The highest BCUT2D eigenvalue weighted by molar-refractivity contribution is 7.27. The first-order valence-corrected chi connectivity index (χ1v) is 8.05. The lowest BCUT2D eigenvalue weighted by Gasteiger charge is -2.17. The SMILES string of the molecule is C=C=C/C(C)=C(/c1ccc(P)cc1C)c1ccc(F)c(C(F)F)c1F. The molecule has 0 aliphatic heterocycles. The van der Waals surface area contributed by atoms with E-state index in [0.29, 0.717) is 16.7 Å². The van der Waals surface area contributed by atoms with Crippen molar-refractivity contribution < 1.29 is 17.6 Å². The first kappa shape index (κ1) is 19.2. The maximum absolute atomic E-state index is 14.7. The van der Waals surface area contributed by atoms with Crippen LogP contribution in [0.2, 0.25) is 0 Å². The number of allylic oxidation sites excluding steroid dienone is 2. The summed E-state index contributed by atoms with van der Waals surface area (Å²) in [6, 6.07) is 7.51. The molecular weight excluding hydrogens is 347 g/mol. The van der Waals surface area contributed by atoms with Gasteiger partial charge in [-0.15, -0.1) is 15.0 Å². The summed E-state index contributed by atoms with van der Waals surface area (Å²) < 4.78 is 54.6. The van der Waals surface area contributed by atoms with E-state index in [-0.39, 0.29) is 5.56 Å². The molecule has 0 N–H and O–H groups in total. The Hall–Kier alpha value is -2.15. The van der Waals surface area contributed by atoms with Crippen LogP contribution in [0.4, 0.5) is 17.6 Å². The molecule has 130 valence electrons. The summed E-state index contributed by atoms with van der Waals surface area (Å²) in [5, 5.41) is 0.936. The maximum Gasteiger partial charge on any atom is 0.269 e. The molecule has 0 radical (unpaired) electrons. The Morgan fingerprint density at radius 1 is 1.16 bits per heavy atom. The zero-order valence-corrected chi connectivity index (χ0v) is 15.0. The van der Waals surface area contributed by atoms with Crippen LogP contribution in [0.3, 0.4) is 0 Å². The third-order valence-corrected chi connectivity index (χ3v) is 4.21. The highest BCUT2D eigenvalue weighted by Gasteiger charge is 2.24. The Morgan fingerprint density at radius 2 is 1.80 bits per heavy atom. The molecule has 0 bridgehead atoms. The highest BCUT2D eigenvalue weighted by atomic mass is 31.0. The summed E-state index contributed by atoms with van der Waals surface area (Å²) in [6.45, 7) is 7.03. The molecule has 0 aliphatic rings. The zero-order chi connectivity index (χ0) is 18.7. The molecular formula is C20H17F4P. The van der Waals surface area contributed by atoms with Crippen molar-refractivity contribution >= 4 is 20.1 Å². The second-order valence-corrected chi connectivity index (χ2v) is 6.27. The van der Waals surface area contributed by atoms with Gasteiger partial charge in [0.15, 0.2) is 0 Å². The highest BCUT2D eigenvalue weighted by Crippen LogP contribution is 2.35. The van der Waals surface area contributed by atoms with Gasteiger partial charge in [-0.05, 0) is 59.6 Å². The molecule has 0 nitrogen and oxygen atoms in total. The molecule has 2 aromatic rings. The van der Waals surface area contributed by atoms with Crippen LogP contribution < -0.4 is 5.30 Å². The van der Waals surface area contributed by atoms with Gasteiger partial charge in [-0.1, -0.05) is 24.8 Å². The predicted molar refractivity (Wildman–Crippen MR) is 97.2 cm³/mol. The lowest BCUT2D eigenvalue weighted by molar-refractivity contribution is 0.141. The van der Waals surface area contributed by atoms with Gasteiger partial charge in [0.05, 0.1) is 5.56 Å². The van der Waals surface area contributed by atoms with Gasteiger partial charge in [-0.25, -0.2) is 17.6 Å². The number of benzene rings is 2. The second-order valence-electron chi connectivity index (χ2n) is 5.60. The Bertz CT molecular complexity index is 891. The Labute approximate surface area is 146 Å². The summed E-state index contributed by atoms with van der Waals surface area (Å²) in [5.74, 6) is -2.51. The minimum absolute atomic E-state index is 0.0830. The van der Waals surface area contributed by atoms with E-state index in [2.05, 4.69) is 21.5 Å². The molecule has 1 unspecified atom stereocenters. The van der Waals surface area contributed by atoms with Crippen LogP contribution >= 0.6 is 9.24 Å². The average molecular weight is 364 g/mol. The molecule has 0 aliphatic carbocycles. The molecule has 25 heavy (non-hydrogen) atoms. The summed E-state index contributed by atoms with van der Waals surface area (Å²) in [4.78, 5) is 0. The molecule has 0 amide bonds. The first-order valence-electron chi connectivity index (χ1n) is 7.47. The summed E-state index contributed by atoms with van der Waals surface area (Å²) >= 11 is 0. The van der Waals surface area contributed by atoms with Gasteiger partial charge < -0.3 is 0 Å². The van der Waals surface area contributed by atoms with Crippen LogP contribution in [0, 0.1) is 18.6 Å². The molecule has 2 aromatic carbocycles.